The molecule has 0 spiro atoms. The van der Waals surface area contributed by atoms with Crippen LogP contribution in [0, 0.1) is 6.92 Å². The van der Waals surface area contributed by atoms with E-state index in [0.29, 0.717) is 22.2 Å². The minimum absolute atomic E-state index is 0.139. The van der Waals surface area contributed by atoms with Crippen molar-refractivity contribution >= 4 is 23.2 Å². The number of rotatable bonds is 5. The second kappa shape index (κ2) is 7.72. The van der Waals surface area contributed by atoms with Gasteiger partial charge in [0.15, 0.2) is 5.69 Å². The first kappa shape index (κ1) is 18.6. The van der Waals surface area contributed by atoms with Gasteiger partial charge >= 0.3 is 11.8 Å². The molecule has 9 nitrogen and oxygen atoms in total. The Bertz CT molecular complexity index is 1190. The number of carbonyl (C=O) groups is 1. The van der Waals surface area contributed by atoms with Crippen LogP contribution >= 0.6 is 11.6 Å². The highest BCUT2D eigenvalue weighted by atomic mass is 35.5. The van der Waals surface area contributed by atoms with Crippen molar-refractivity contribution in [2.45, 2.75) is 6.92 Å². The van der Waals surface area contributed by atoms with E-state index in [9.17, 15) is 4.79 Å². The summed E-state index contributed by atoms with van der Waals surface area (Å²) in [4.78, 5) is 16.6. The number of benzene rings is 2. The van der Waals surface area contributed by atoms with Gasteiger partial charge in [0.2, 0.25) is 5.82 Å². The lowest BCUT2D eigenvalue weighted by Crippen LogP contribution is -2.13. The maximum Gasteiger partial charge on any atom is 0.316 e. The molecule has 29 heavy (non-hydrogen) atoms. The zero-order valence-corrected chi connectivity index (χ0v) is 16.2. The van der Waals surface area contributed by atoms with E-state index in [1.54, 1.807) is 36.5 Å². The lowest BCUT2D eigenvalue weighted by Gasteiger charge is -2.09. The van der Waals surface area contributed by atoms with Crippen LogP contribution in [0.4, 0.5) is 5.69 Å². The summed E-state index contributed by atoms with van der Waals surface area (Å²) in [6.07, 6.45) is 1.61. The molecule has 2 heterocycles. The van der Waals surface area contributed by atoms with Gasteiger partial charge in [0.1, 0.15) is 5.75 Å². The zero-order valence-electron chi connectivity index (χ0n) is 15.5. The first-order chi connectivity index (χ1) is 14.0. The molecule has 0 unspecified atom stereocenters. The van der Waals surface area contributed by atoms with Crippen molar-refractivity contribution in [3.8, 4) is 23.0 Å². The smallest absolute Gasteiger partial charge is 0.316 e. The maximum atomic E-state index is 12.5. The molecule has 1 amide bonds. The number of halogens is 1. The van der Waals surface area contributed by atoms with Gasteiger partial charge in [-0.1, -0.05) is 34.1 Å². The van der Waals surface area contributed by atoms with Gasteiger partial charge in [-0.2, -0.15) is 4.98 Å². The molecule has 4 aromatic rings. The number of carbonyl (C=O) groups excluding carboxylic acids is 1. The first-order valence-corrected chi connectivity index (χ1v) is 8.89. The van der Waals surface area contributed by atoms with Gasteiger partial charge in [0.05, 0.1) is 24.7 Å². The lowest BCUT2D eigenvalue weighted by atomic mass is 10.2. The van der Waals surface area contributed by atoms with E-state index in [-0.39, 0.29) is 11.7 Å². The summed E-state index contributed by atoms with van der Waals surface area (Å²) >= 11 is 6.00. The number of hydrogen-bond acceptors (Lipinski definition) is 7. The number of aryl methyl sites for hydroxylation is 1. The third-order valence-corrected chi connectivity index (χ3v) is 4.25. The van der Waals surface area contributed by atoms with Crippen LogP contribution in [0.5, 0.6) is 5.75 Å². The molecule has 0 saturated carbocycles. The lowest BCUT2D eigenvalue weighted by molar-refractivity contribution is 0.0981. The van der Waals surface area contributed by atoms with E-state index in [2.05, 4.69) is 25.8 Å². The van der Waals surface area contributed by atoms with Crippen molar-refractivity contribution < 1.29 is 14.1 Å². The van der Waals surface area contributed by atoms with E-state index < -0.39 is 5.91 Å². The number of ether oxygens (including phenoxy) is 1. The molecule has 4 rings (SSSR count). The maximum absolute atomic E-state index is 12.5. The van der Waals surface area contributed by atoms with Crippen LogP contribution in [-0.2, 0) is 0 Å². The van der Waals surface area contributed by atoms with Gasteiger partial charge in [-0.3, -0.25) is 4.79 Å². The van der Waals surface area contributed by atoms with Crippen LogP contribution in [0.2, 0.25) is 5.02 Å². The quantitative estimate of drug-likeness (QED) is 0.536. The van der Waals surface area contributed by atoms with Gasteiger partial charge in [-0.05, 0) is 42.8 Å². The molecule has 0 aliphatic carbocycles. The van der Waals surface area contributed by atoms with Crippen LogP contribution in [0.3, 0.4) is 0 Å². The number of hydrogen-bond donors (Lipinski definition) is 1. The Kier molecular flexibility index (Phi) is 4.96. The summed E-state index contributed by atoms with van der Waals surface area (Å²) in [6.45, 7) is 1.91. The average Bonchev–Trinajstić information content (AvgIpc) is 3.38. The van der Waals surface area contributed by atoms with Crippen molar-refractivity contribution in [2.24, 2.45) is 0 Å². The van der Waals surface area contributed by atoms with Crippen LogP contribution in [-0.4, -0.2) is 38.2 Å². The van der Waals surface area contributed by atoms with Gasteiger partial charge in [-0.25, -0.2) is 4.68 Å². The number of aromatic nitrogens is 5. The molecule has 0 fully saturated rings. The molecule has 1 N–H and O–H groups in total. The van der Waals surface area contributed by atoms with Crippen molar-refractivity contribution in [1.82, 2.24) is 25.1 Å². The van der Waals surface area contributed by atoms with Gasteiger partial charge in [-0.15, -0.1) is 5.10 Å². The summed E-state index contributed by atoms with van der Waals surface area (Å²) in [7, 11) is 1.52. The van der Waals surface area contributed by atoms with Crippen molar-refractivity contribution in [1.29, 1.82) is 0 Å². The highest BCUT2D eigenvalue weighted by Gasteiger charge is 2.19. The molecule has 2 aromatic carbocycles. The molecule has 0 aliphatic heterocycles. The Morgan fingerprint density at radius 1 is 1.24 bits per heavy atom. The molecule has 0 bridgehead atoms. The minimum atomic E-state index is -0.560. The number of anilines is 1. The fourth-order valence-electron chi connectivity index (χ4n) is 2.63. The molecular weight excluding hydrogens is 396 g/mol. The molecule has 0 aliphatic rings. The van der Waals surface area contributed by atoms with Gasteiger partial charge in [0, 0.05) is 5.02 Å². The normalized spacial score (nSPS) is 10.7. The Morgan fingerprint density at radius 2 is 2.10 bits per heavy atom. The number of methoxy groups -OCH3 is 1. The molecular formula is C19H15ClN6O3. The standard InChI is InChI=1S/C19H15ClN6O3/c1-11-6-7-16(28-2)14(8-11)21-18(27)19-22-17(24-29-19)15-10-26(25-23-15)13-5-3-4-12(20)9-13/h3-10H,1-2H3,(H,21,27). The Balaban J connectivity index is 1.54. The third-order valence-electron chi connectivity index (χ3n) is 4.02. The minimum Gasteiger partial charge on any atom is -0.495 e. The summed E-state index contributed by atoms with van der Waals surface area (Å²) in [5, 5.41) is 15.1. The van der Waals surface area contributed by atoms with E-state index >= 15 is 0 Å². The Labute approximate surface area is 170 Å². The van der Waals surface area contributed by atoms with Gasteiger partial charge in [0.25, 0.3) is 0 Å². The second-order valence-electron chi connectivity index (χ2n) is 6.11. The summed E-state index contributed by atoms with van der Waals surface area (Å²) in [5.74, 6) is -0.108. The number of nitrogens with one attached hydrogen (secondary N) is 1. The molecule has 146 valence electrons. The molecule has 2 aromatic heterocycles. The van der Waals surface area contributed by atoms with Crippen molar-refractivity contribution in [3.05, 3.63) is 65.1 Å². The predicted molar refractivity (Wildman–Crippen MR) is 105 cm³/mol. The Hall–Kier alpha value is -3.72. The van der Waals surface area contributed by atoms with Crippen LogP contribution in [0.25, 0.3) is 17.2 Å². The monoisotopic (exact) mass is 410 g/mol. The fraction of sp³-hybridized carbons (Fsp3) is 0.105. The fourth-order valence-corrected chi connectivity index (χ4v) is 2.81. The summed E-state index contributed by atoms with van der Waals surface area (Å²) in [5.41, 5.74) is 2.54. The molecule has 0 radical (unpaired) electrons. The molecule has 0 saturated heterocycles. The zero-order chi connectivity index (χ0) is 20.4. The second-order valence-corrected chi connectivity index (χ2v) is 6.55. The van der Waals surface area contributed by atoms with E-state index in [1.807, 2.05) is 19.1 Å². The van der Waals surface area contributed by atoms with Crippen LogP contribution in [0.1, 0.15) is 16.2 Å². The predicted octanol–water partition coefficient (Wildman–Crippen LogP) is 3.54. The van der Waals surface area contributed by atoms with E-state index in [4.69, 9.17) is 20.9 Å². The third kappa shape index (κ3) is 3.94. The van der Waals surface area contributed by atoms with Crippen molar-refractivity contribution in [2.75, 3.05) is 12.4 Å². The summed E-state index contributed by atoms with van der Waals surface area (Å²) < 4.78 is 11.9. The number of nitrogens with zero attached hydrogens (tertiary/aromatic N) is 5. The van der Waals surface area contributed by atoms with E-state index in [1.165, 1.54) is 11.8 Å². The summed E-state index contributed by atoms with van der Waals surface area (Å²) in [6, 6.07) is 12.6. The molecule has 10 heteroatoms. The van der Waals surface area contributed by atoms with Crippen LogP contribution < -0.4 is 10.1 Å². The topological polar surface area (TPSA) is 108 Å². The largest absolute Gasteiger partial charge is 0.495 e. The first-order valence-electron chi connectivity index (χ1n) is 8.52. The molecule has 0 atom stereocenters. The van der Waals surface area contributed by atoms with Crippen molar-refractivity contribution in [3.63, 3.8) is 0 Å². The highest BCUT2D eigenvalue weighted by Crippen LogP contribution is 2.26. The Morgan fingerprint density at radius 3 is 2.90 bits per heavy atom. The SMILES string of the molecule is COc1ccc(C)cc1NC(=O)c1nc(-c2cn(-c3cccc(Cl)c3)nn2)no1. The average molecular weight is 411 g/mol. The van der Waals surface area contributed by atoms with Gasteiger partial charge < -0.3 is 14.6 Å². The van der Waals surface area contributed by atoms with E-state index in [0.717, 1.165) is 11.3 Å². The highest BCUT2D eigenvalue weighted by molar-refractivity contribution is 6.30. The number of amides is 1. The van der Waals surface area contributed by atoms with Crippen LogP contribution in [0.15, 0.2) is 53.2 Å².